The van der Waals surface area contributed by atoms with Gasteiger partial charge in [-0.2, -0.15) is 0 Å². The summed E-state index contributed by atoms with van der Waals surface area (Å²) in [4.78, 5) is 24.1. The standard InChI is InChI=1S/C24H25N3O4/c1-3-27(18-7-4-16(2)5-8-18)26-24(29)22-12-10-20(31-22)15-30-19-9-11-21-17(14-19)6-13-23(28)25-21/h4-5,7-12,14H,3,6,13,15H2,1-2H3,(H,25,28)(H,26,29). The highest BCUT2D eigenvalue weighted by Gasteiger charge is 2.17. The second kappa shape index (κ2) is 8.95. The zero-order chi connectivity index (χ0) is 21.8. The van der Waals surface area contributed by atoms with Gasteiger partial charge in [0, 0.05) is 18.7 Å². The van der Waals surface area contributed by atoms with Gasteiger partial charge < -0.3 is 14.5 Å². The van der Waals surface area contributed by atoms with Crippen molar-refractivity contribution in [1.29, 1.82) is 0 Å². The lowest BCUT2D eigenvalue weighted by Gasteiger charge is -2.23. The molecule has 160 valence electrons. The van der Waals surface area contributed by atoms with Crippen LogP contribution in [0.15, 0.2) is 59.0 Å². The number of carbonyl (C=O) groups excluding carboxylic acids is 2. The Balaban J connectivity index is 1.36. The first-order valence-electron chi connectivity index (χ1n) is 10.3. The second-order valence-corrected chi connectivity index (χ2v) is 7.44. The molecule has 0 spiro atoms. The van der Waals surface area contributed by atoms with E-state index in [2.05, 4.69) is 10.7 Å². The molecule has 1 aliphatic heterocycles. The number of carbonyl (C=O) groups is 2. The predicted molar refractivity (Wildman–Crippen MR) is 118 cm³/mol. The number of benzene rings is 2. The van der Waals surface area contributed by atoms with Crippen LogP contribution in [0.3, 0.4) is 0 Å². The minimum Gasteiger partial charge on any atom is -0.486 e. The molecule has 2 heterocycles. The average Bonchev–Trinajstić information content (AvgIpc) is 3.26. The van der Waals surface area contributed by atoms with Crippen molar-refractivity contribution >= 4 is 23.2 Å². The van der Waals surface area contributed by atoms with Crippen LogP contribution in [0.1, 0.15) is 40.8 Å². The summed E-state index contributed by atoms with van der Waals surface area (Å²) >= 11 is 0. The molecule has 7 nitrogen and oxygen atoms in total. The van der Waals surface area contributed by atoms with E-state index < -0.39 is 0 Å². The van der Waals surface area contributed by atoms with E-state index in [9.17, 15) is 9.59 Å². The molecule has 0 unspecified atom stereocenters. The minimum absolute atomic E-state index is 0.0339. The molecule has 31 heavy (non-hydrogen) atoms. The summed E-state index contributed by atoms with van der Waals surface area (Å²) in [6.07, 6.45) is 1.17. The molecule has 0 saturated carbocycles. The van der Waals surface area contributed by atoms with E-state index in [1.54, 1.807) is 17.1 Å². The fourth-order valence-electron chi connectivity index (χ4n) is 3.41. The van der Waals surface area contributed by atoms with Crippen molar-refractivity contribution in [3.05, 3.63) is 77.2 Å². The smallest absolute Gasteiger partial charge is 0.305 e. The van der Waals surface area contributed by atoms with E-state index in [1.807, 2.05) is 56.3 Å². The normalized spacial score (nSPS) is 12.6. The number of aryl methyl sites for hydroxylation is 2. The van der Waals surface area contributed by atoms with Crippen LogP contribution in [-0.2, 0) is 17.8 Å². The van der Waals surface area contributed by atoms with Gasteiger partial charge in [-0.25, -0.2) is 0 Å². The maximum Gasteiger partial charge on any atom is 0.305 e. The van der Waals surface area contributed by atoms with Gasteiger partial charge in [0.05, 0.1) is 5.69 Å². The van der Waals surface area contributed by atoms with Gasteiger partial charge in [-0.1, -0.05) is 17.7 Å². The van der Waals surface area contributed by atoms with Gasteiger partial charge in [-0.05, 0) is 68.3 Å². The summed E-state index contributed by atoms with van der Waals surface area (Å²) in [5.41, 5.74) is 6.81. The van der Waals surface area contributed by atoms with Gasteiger partial charge in [-0.3, -0.25) is 20.0 Å². The van der Waals surface area contributed by atoms with Crippen molar-refractivity contribution in [1.82, 2.24) is 5.43 Å². The lowest BCUT2D eigenvalue weighted by Crippen LogP contribution is -2.42. The van der Waals surface area contributed by atoms with Gasteiger partial charge in [0.15, 0.2) is 5.76 Å². The van der Waals surface area contributed by atoms with Crippen LogP contribution >= 0.6 is 0 Å². The van der Waals surface area contributed by atoms with Crippen molar-refractivity contribution in [2.45, 2.75) is 33.3 Å². The number of nitrogens with zero attached hydrogens (tertiary/aromatic N) is 1. The molecule has 7 heteroatoms. The first kappa shape index (κ1) is 20.5. The van der Waals surface area contributed by atoms with Crippen molar-refractivity contribution in [3.8, 4) is 5.75 Å². The van der Waals surface area contributed by atoms with Crippen LogP contribution in [-0.4, -0.2) is 18.4 Å². The number of amides is 2. The van der Waals surface area contributed by atoms with Crippen LogP contribution < -0.4 is 20.5 Å². The Labute approximate surface area is 181 Å². The molecule has 1 aliphatic rings. The Kier molecular flexibility index (Phi) is 5.93. The maximum atomic E-state index is 12.6. The Morgan fingerprint density at radius 3 is 2.71 bits per heavy atom. The number of hydrogen-bond donors (Lipinski definition) is 2. The van der Waals surface area contributed by atoms with Gasteiger partial charge in [-0.15, -0.1) is 0 Å². The maximum absolute atomic E-state index is 12.6. The quantitative estimate of drug-likeness (QED) is 0.560. The van der Waals surface area contributed by atoms with E-state index in [4.69, 9.17) is 9.15 Å². The topological polar surface area (TPSA) is 83.8 Å². The average molecular weight is 419 g/mol. The van der Waals surface area contributed by atoms with E-state index in [-0.39, 0.29) is 24.2 Å². The molecular formula is C24H25N3O4. The Morgan fingerprint density at radius 2 is 1.94 bits per heavy atom. The zero-order valence-electron chi connectivity index (χ0n) is 17.6. The Hall–Kier alpha value is -3.74. The minimum atomic E-state index is -0.321. The Morgan fingerprint density at radius 1 is 1.13 bits per heavy atom. The summed E-state index contributed by atoms with van der Waals surface area (Å²) in [6, 6.07) is 16.9. The summed E-state index contributed by atoms with van der Waals surface area (Å²) in [5.74, 6) is 1.17. The number of hydrazine groups is 1. The van der Waals surface area contributed by atoms with Crippen LogP contribution in [0, 0.1) is 6.92 Å². The highest BCUT2D eigenvalue weighted by molar-refractivity contribution is 5.94. The summed E-state index contributed by atoms with van der Waals surface area (Å²) < 4.78 is 11.5. The number of fused-ring (bicyclic) bond motifs is 1. The van der Waals surface area contributed by atoms with Gasteiger partial charge in [0.25, 0.3) is 0 Å². The predicted octanol–water partition coefficient (Wildman–Crippen LogP) is 4.22. The number of ether oxygens (including phenoxy) is 1. The number of hydrogen-bond acceptors (Lipinski definition) is 5. The van der Waals surface area contributed by atoms with Gasteiger partial charge >= 0.3 is 5.91 Å². The van der Waals surface area contributed by atoms with Gasteiger partial charge in [0.2, 0.25) is 5.91 Å². The fourth-order valence-corrected chi connectivity index (χ4v) is 3.41. The van der Waals surface area contributed by atoms with E-state index in [0.717, 1.165) is 22.5 Å². The molecule has 2 N–H and O–H groups in total. The molecule has 0 saturated heterocycles. The van der Waals surface area contributed by atoms with Crippen molar-refractivity contribution in [2.75, 3.05) is 16.9 Å². The third-order valence-electron chi connectivity index (χ3n) is 5.14. The first-order chi connectivity index (χ1) is 15.0. The molecule has 2 amide bonds. The largest absolute Gasteiger partial charge is 0.486 e. The first-order valence-corrected chi connectivity index (χ1v) is 10.3. The molecule has 0 fully saturated rings. The second-order valence-electron chi connectivity index (χ2n) is 7.44. The summed E-state index contributed by atoms with van der Waals surface area (Å²) in [7, 11) is 0. The van der Waals surface area contributed by atoms with Crippen molar-refractivity contribution in [2.24, 2.45) is 0 Å². The number of rotatable bonds is 7. The molecule has 1 aromatic heterocycles. The molecule has 0 atom stereocenters. The molecule has 4 rings (SSSR count). The highest BCUT2D eigenvalue weighted by atomic mass is 16.5. The number of furan rings is 1. The lowest BCUT2D eigenvalue weighted by atomic mass is 10.0. The van der Waals surface area contributed by atoms with Crippen LogP contribution in [0.5, 0.6) is 5.75 Å². The SMILES string of the molecule is CCN(NC(=O)c1ccc(COc2ccc3c(c2)CCC(=O)N3)o1)c1ccc(C)cc1. The van der Waals surface area contributed by atoms with E-state index in [1.165, 1.54) is 0 Å². The molecule has 0 aliphatic carbocycles. The molecule has 0 bridgehead atoms. The monoisotopic (exact) mass is 419 g/mol. The summed E-state index contributed by atoms with van der Waals surface area (Å²) in [5, 5.41) is 4.62. The van der Waals surface area contributed by atoms with Crippen LogP contribution in [0.2, 0.25) is 0 Å². The van der Waals surface area contributed by atoms with Gasteiger partial charge in [0.1, 0.15) is 18.1 Å². The highest BCUT2D eigenvalue weighted by Crippen LogP contribution is 2.27. The van der Waals surface area contributed by atoms with Crippen LogP contribution in [0.4, 0.5) is 11.4 Å². The van der Waals surface area contributed by atoms with E-state index in [0.29, 0.717) is 30.9 Å². The molecule has 2 aromatic carbocycles. The van der Waals surface area contributed by atoms with Crippen molar-refractivity contribution in [3.63, 3.8) is 0 Å². The number of anilines is 2. The lowest BCUT2D eigenvalue weighted by molar-refractivity contribution is -0.116. The zero-order valence-corrected chi connectivity index (χ0v) is 17.6. The van der Waals surface area contributed by atoms with E-state index >= 15 is 0 Å². The molecular weight excluding hydrogens is 394 g/mol. The van der Waals surface area contributed by atoms with Crippen molar-refractivity contribution < 1.29 is 18.7 Å². The fraction of sp³-hybridized carbons (Fsp3) is 0.250. The third-order valence-corrected chi connectivity index (χ3v) is 5.14. The number of nitrogens with one attached hydrogen (secondary N) is 2. The molecule has 3 aromatic rings. The Bertz CT molecular complexity index is 1090. The van der Waals surface area contributed by atoms with Crippen LogP contribution in [0.25, 0.3) is 0 Å². The summed E-state index contributed by atoms with van der Waals surface area (Å²) in [6.45, 7) is 4.80. The third kappa shape index (κ3) is 4.88. The molecule has 0 radical (unpaired) electrons.